The van der Waals surface area contributed by atoms with Crippen LogP contribution in [0.1, 0.15) is 17.0 Å². The van der Waals surface area contributed by atoms with E-state index in [1.54, 1.807) is 0 Å². The number of hydrogen-bond donors (Lipinski definition) is 3. The summed E-state index contributed by atoms with van der Waals surface area (Å²) in [5.41, 5.74) is 4.69. The number of aromatic amines is 1. The minimum Gasteiger partial charge on any atom is -0.448 e. The van der Waals surface area contributed by atoms with Crippen molar-refractivity contribution in [3.8, 4) is 11.1 Å². The number of fused-ring (bicyclic) bond motifs is 3. The number of H-pyrrole nitrogens is 1. The molecule has 0 fully saturated rings. The second-order valence-corrected chi connectivity index (χ2v) is 7.05. The first kappa shape index (κ1) is 17.6. The van der Waals surface area contributed by atoms with Crippen molar-refractivity contribution in [2.45, 2.75) is 11.1 Å². The van der Waals surface area contributed by atoms with E-state index in [-0.39, 0.29) is 25.1 Å². The zero-order valence-electron chi connectivity index (χ0n) is 14.4. The maximum Gasteiger partial charge on any atom is 0.414 e. The van der Waals surface area contributed by atoms with Crippen LogP contribution in [0.25, 0.3) is 11.1 Å². The molecule has 8 heteroatoms. The highest BCUT2D eigenvalue weighted by Gasteiger charge is 2.29. The third-order valence-corrected chi connectivity index (χ3v) is 5.18. The van der Waals surface area contributed by atoms with Gasteiger partial charge in [-0.3, -0.25) is 5.32 Å². The summed E-state index contributed by atoms with van der Waals surface area (Å²) in [6, 6.07) is 16.4. The number of aliphatic hydroxyl groups excluding tert-OH is 1. The number of ether oxygens (including phenoxy) is 1. The van der Waals surface area contributed by atoms with Crippen LogP contribution in [-0.2, 0) is 4.74 Å². The molecular weight excluding hydrogens is 364 g/mol. The van der Waals surface area contributed by atoms with E-state index in [2.05, 4.69) is 44.8 Å². The standard InChI is InChI=1S/C19H18N4O3S/c24-9-10-27-18-20-17(22-23-18)21-19(25)26-11-16-14-7-3-1-5-12(14)13-6-2-4-8-15(13)16/h1-8,16,24H,9-11H2,(H2,20,21,22,23,25). The number of anilines is 1. The van der Waals surface area contributed by atoms with Crippen LogP contribution >= 0.6 is 11.8 Å². The first-order chi connectivity index (χ1) is 13.3. The Hall–Kier alpha value is -2.84. The number of aromatic nitrogens is 3. The first-order valence-corrected chi connectivity index (χ1v) is 9.53. The molecule has 0 bridgehead atoms. The summed E-state index contributed by atoms with van der Waals surface area (Å²) in [5, 5.41) is 18.4. The number of amides is 1. The summed E-state index contributed by atoms with van der Waals surface area (Å²) in [4.78, 5) is 16.3. The average molecular weight is 382 g/mol. The third kappa shape index (κ3) is 3.67. The highest BCUT2D eigenvalue weighted by Crippen LogP contribution is 2.44. The monoisotopic (exact) mass is 382 g/mol. The lowest BCUT2D eigenvalue weighted by atomic mass is 9.98. The first-order valence-electron chi connectivity index (χ1n) is 8.54. The van der Waals surface area contributed by atoms with Crippen LogP contribution in [0, 0.1) is 0 Å². The van der Waals surface area contributed by atoms with Crippen LogP contribution in [-0.4, -0.2) is 45.3 Å². The normalized spacial score (nSPS) is 12.5. The number of hydrogen-bond acceptors (Lipinski definition) is 6. The number of aliphatic hydroxyl groups is 1. The van der Waals surface area contributed by atoms with E-state index >= 15 is 0 Å². The van der Waals surface area contributed by atoms with Crippen molar-refractivity contribution in [1.82, 2.24) is 15.2 Å². The van der Waals surface area contributed by atoms with Crippen molar-refractivity contribution in [2.24, 2.45) is 0 Å². The van der Waals surface area contributed by atoms with Crippen LogP contribution in [0.3, 0.4) is 0 Å². The van der Waals surface area contributed by atoms with Gasteiger partial charge in [-0.25, -0.2) is 9.89 Å². The number of rotatable bonds is 6. The van der Waals surface area contributed by atoms with E-state index in [0.717, 1.165) is 11.1 Å². The molecule has 0 radical (unpaired) electrons. The third-order valence-electron chi connectivity index (χ3n) is 4.35. The van der Waals surface area contributed by atoms with Gasteiger partial charge in [-0.1, -0.05) is 60.3 Å². The fourth-order valence-electron chi connectivity index (χ4n) is 3.23. The minimum atomic E-state index is -0.591. The SMILES string of the molecule is O=C(Nc1nc(SCCO)n[nH]1)OCC1c2ccccc2-c2ccccc21. The van der Waals surface area contributed by atoms with Crippen molar-refractivity contribution >= 4 is 23.8 Å². The molecule has 1 aliphatic rings. The van der Waals surface area contributed by atoms with Crippen molar-refractivity contribution in [2.75, 3.05) is 24.3 Å². The zero-order valence-corrected chi connectivity index (χ0v) is 15.2. The summed E-state index contributed by atoms with van der Waals surface area (Å²) in [6.07, 6.45) is -0.591. The molecule has 0 unspecified atom stereocenters. The molecular formula is C19H18N4O3S. The molecule has 1 heterocycles. The molecule has 0 saturated heterocycles. The molecule has 1 aromatic heterocycles. The van der Waals surface area contributed by atoms with Gasteiger partial charge in [-0.15, -0.1) is 5.10 Å². The Bertz CT molecular complexity index is 914. The van der Waals surface area contributed by atoms with E-state index in [0.29, 0.717) is 10.9 Å². The Morgan fingerprint density at radius 3 is 2.48 bits per heavy atom. The maximum absolute atomic E-state index is 12.1. The molecule has 1 amide bonds. The number of nitrogens with zero attached hydrogens (tertiary/aromatic N) is 2. The predicted molar refractivity (Wildman–Crippen MR) is 103 cm³/mol. The summed E-state index contributed by atoms with van der Waals surface area (Å²) < 4.78 is 5.45. The summed E-state index contributed by atoms with van der Waals surface area (Å²) in [5.74, 6) is 0.712. The number of benzene rings is 2. The predicted octanol–water partition coefficient (Wildman–Crippen LogP) is 3.25. The van der Waals surface area contributed by atoms with Gasteiger partial charge in [0.2, 0.25) is 11.1 Å². The minimum absolute atomic E-state index is 0.00791. The lowest BCUT2D eigenvalue weighted by Crippen LogP contribution is -2.18. The van der Waals surface area contributed by atoms with Crippen LogP contribution < -0.4 is 5.32 Å². The Labute approximate surface area is 160 Å². The summed E-state index contributed by atoms with van der Waals surface area (Å²) >= 11 is 1.29. The lowest BCUT2D eigenvalue weighted by molar-refractivity contribution is 0.158. The molecule has 27 heavy (non-hydrogen) atoms. The van der Waals surface area contributed by atoms with Gasteiger partial charge < -0.3 is 9.84 Å². The molecule has 0 atom stereocenters. The van der Waals surface area contributed by atoms with Gasteiger partial charge in [-0.2, -0.15) is 4.98 Å². The van der Waals surface area contributed by atoms with E-state index < -0.39 is 6.09 Å². The fourth-order valence-corrected chi connectivity index (χ4v) is 3.77. The number of thioether (sulfide) groups is 1. The van der Waals surface area contributed by atoms with Gasteiger partial charge in [0, 0.05) is 11.7 Å². The Balaban J connectivity index is 1.41. The molecule has 7 nitrogen and oxygen atoms in total. The van der Waals surface area contributed by atoms with Crippen molar-refractivity contribution in [3.63, 3.8) is 0 Å². The number of carbonyl (C=O) groups excluding carboxylic acids is 1. The Morgan fingerprint density at radius 1 is 1.15 bits per heavy atom. The largest absolute Gasteiger partial charge is 0.448 e. The topological polar surface area (TPSA) is 100 Å². The van der Waals surface area contributed by atoms with Crippen LogP contribution in [0.5, 0.6) is 0 Å². The van der Waals surface area contributed by atoms with Gasteiger partial charge in [-0.05, 0) is 22.3 Å². The van der Waals surface area contributed by atoms with Crippen LogP contribution in [0.15, 0.2) is 53.7 Å². The van der Waals surface area contributed by atoms with E-state index in [1.807, 2.05) is 24.3 Å². The van der Waals surface area contributed by atoms with Crippen molar-refractivity contribution in [1.29, 1.82) is 0 Å². The molecule has 0 aliphatic heterocycles. The lowest BCUT2D eigenvalue weighted by Gasteiger charge is -2.14. The second-order valence-electron chi connectivity index (χ2n) is 5.99. The smallest absolute Gasteiger partial charge is 0.414 e. The molecule has 138 valence electrons. The van der Waals surface area contributed by atoms with Gasteiger partial charge in [0.25, 0.3) is 0 Å². The molecule has 2 aromatic carbocycles. The van der Waals surface area contributed by atoms with E-state index in [4.69, 9.17) is 9.84 Å². The average Bonchev–Trinajstić information content (AvgIpc) is 3.27. The Kier molecular flexibility index (Phi) is 5.08. The highest BCUT2D eigenvalue weighted by atomic mass is 32.2. The van der Waals surface area contributed by atoms with Gasteiger partial charge in [0.1, 0.15) is 6.61 Å². The number of carbonyl (C=O) groups is 1. The van der Waals surface area contributed by atoms with E-state index in [1.165, 1.54) is 22.9 Å². The summed E-state index contributed by atoms with van der Waals surface area (Å²) in [6.45, 7) is 0.272. The molecule has 3 N–H and O–H groups in total. The van der Waals surface area contributed by atoms with Crippen LogP contribution in [0.2, 0.25) is 0 Å². The van der Waals surface area contributed by atoms with E-state index in [9.17, 15) is 4.79 Å². The number of nitrogens with one attached hydrogen (secondary N) is 2. The van der Waals surface area contributed by atoms with Gasteiger partial charge >= 0.3 is 6.09 Å². The molecule has 0 saturated carbocycles. The molecule has 3 aromatic rings. The van der Waals surface area contributed by atoms with Crippen molar-refractivity contribution < 1.29 is 14.6 Å². The molecule has 4 rings (SSSR count). The molecule has 1 aliphatic carbocycles. The molecule has 0 spiro atoms. The van der Waals surface area contributed by atoms with Crippen LogP contribution in [0.4, 0.5) is 10.7 Å². The maximum atomic E-state index is 12.1. The quantitative estimate of drug-likeness (QED) is 0.566. The van der Waals surface area contributed by atoms with Crippen molar-refractivity contribution in [3.05, 3.63) is 59.7 Å². The van der Waals surface area contributed by atoms with Gasteiger partial charge in [0.15, 0.2) is 0 Å². The van der Waals surface area contributed by atoms with Gasteiger partial charge in [0.05, 0.1) is 6.61 Å². The fraction of sp³-hybridized carbons (Fsp3) is 0.211. The highest BCUT2D eigenvalue weighted by molar-refractivity contribution is 7.99. The Morgan fingerprint density at radius 2 is 1.81 bits per heavy atom. The summed E-state index contributed by atoms with van der Waals surface area (Å²) in [7, 11) is 0. The zero-order chi connectivity index (χ0) is 18.6. The second kappa shape index (κ2) is 7.81.